The monoisotopic (exact) mass is 289 g/mol. The van der Waals surface area contributed by atoms with Crippen molar-refractivity contribution < 1.29 is 14.7 Å². The van der Waals surface area contributed by atoms with Crippen LogP contribution >= 0.6 is 0 Å². The number of carboxylic acid groups (broad SMARTS) is 1. The molecule has 0 bridgehead atoms. The number of nitrogens with zero attached hydrogens (tertiary/aromatic N) is 2. The third kappa shape index (κ3) is 4.30. The summed E-state index contributed by atoms with van der Waals surface area (Å²) in [6.07, 6.45) is 2.92. The lowest BCUT2D eigenvalue weighted by molar-refractivity contribution is -0.136. The molecular weight excluding hydrogens is 274 g/mol. The summed E-state index contributed by atoms with van der Waals surface area (Å²) in [4.78, 5) is 26.2. The van der Waals surface area contributed by atoms with Crippen molar-refractivity contribution in [2.45, 2.75) is 19.9 Å². The normalized spacial score (nSPS) is 10.1. The molecule has 0 atom stereocenters. The lowest BCUT2D eigenvalue weighted by Crippen LogP contribution is -2.28. The van der Waals surface area contributed by atoms with E-state index >= 15 is 0 Å². The number of aliphatic carboxylic acids is 1. The minimum absolute atomic E-state index is 0.147. The number of carbonyl (C=O) groups is 2. The number of hydrogen-bond acceptors (Lipinski definition) is 4. The molecule has 0 aliphatic rings. The Morgan fingerprint density at radius 3 is 2.71 bits per heavy atom. The Bertz CT molecular complexity index is 636. The van der Waals surface area contributed by atoms with Crippen LogP contribution in [0.5, 0.6) is 0 Å². The molecule has 0 aliphatic carbocycles. The van der Waals surface area contributed by atoms with Gasteiger partial charge in [-0.1, -0.05) is 0 Å². The Hall–Kier alpha value is -2.90. The van der Waals surface area contributed by atoms with Crippen LogP contribution in [0, 0.1) is 6.92 Å². The number of amides is 2. The molecular formula is C13H15N5O3. The number of carbonyl (C=O) groups excluding carboxylic acids is 1. The van der Waals surface area contributed by atoms with Crippen LogP contribution in [0.3, 0.4) is 0 Å². The Morgan fingerprint density at radius 1 is 1.33 bits per heavy atom. The molecule has 2 rings (SSSR count). The van der Waals surface area contributed by atoms with Crippen molar-refractivity contribution in [3.8, 4) is 0 Å². The summed E-state index contributed by atoms with van der Waals surface area (Å²) in [7, 11) is 0. The molecule has 0 aromatic carbocycles. The van der Waals surface area contributed by atoms with Crippen molar-refractivity contribution in [3.05, 3.63) is 41.5 Å². The number of H-pyrrole nitrogens is 1. The fourth-order valence-corrected chi connectivity index (χ4v) is 1.66. The molecule has 110 valence electrons. The average molecular weight is 289 g/mol. The van der Waals surface area contributed by atoms with E-state index in [9.17, 15) is 9.59 Å². The summed E-state index contributed by atoms with van der Waals surface area (Å²) in [5.41, 5.74) is 2.73. The minimum atomic E-state index is -0.948. The van der Waals surface area contributed by atoms with Gasteiger partial charge in [-0.05, 0) is 19.1 Å². The van der Waals surface area contributed by atoms with Gasteiger partial charge < -0.3 is 15.7 Å². The fourth-order valence-electron chi connectivity index (χ4n) is 1.66. The second-order valence-corrected chi connectivity index (χ2v) is 4.44. The van der Waals surface area contributed by atoms with Gasteiger partial charge in [0.15, 0.2) is 0 Å². The van der Waals surface area contributed by atoms with Crippen LogP contribution < -0.4 is 10.6 Å². The highest BCUT2D eigenvalue weighted by molar-refractivity contribution is 5.89. The van der Waals surface area contributed by atoms with E-state index in [1.807, 2.05) is 6.92 Å². The van der Waals surface area contributed by atoms with Crippen LogP contribution in [0.4, 0.5) is 10.5 Å². The predicted molar refractivity (Wildman–Crippen MR) is 74.8 cm³/mol. The SMILES string of the molecule is Cc1[nH]ncc1CNC(=O)Nc1ccc(CC(=O)O)nc1. The van der Waals surface area contributed by atoms with Crippen LogP contribution in [0.15, 0.2) is 24.5 Å². The number of carboxylic acids is 1. The highest BCUT2D eigenvalue weighted by Crippen LogP contribution is 2.07. The molecule has 2 aromatic rings. The van der Waals surface area contributed by atoms with E-state index < -0.39 is 5.97 Å². The van der Waals surface area contributed by atoms with Crippen molar-refractivity contribution in [1.29, 1.82) is 0 Å². The van der Waals surface area contributed by atoms with Crippen LogP contribution in [0.25, 0.3) is 0 Å². The topological polar surface area (TPSA) is 120 Å². The van der Waals surface area contributed by atoms with E-state index in [0.29, 0.717) is 17.9 Å². The largest absolute Gasteiger partial charge is 0.481 e. The molecule has 0 spiro atoms. The maximum Gasteiger partial charge on any atom is 0.319 e. The zero-order valence-electron chi connectivity index (χ0n) is 11.4. The van der Waals surface area contributed by atoms with Crippen molar-refractivity contribution in [1.82, 2.24) is 20.5 Å². The Morgan fingerprint density at radius 2 is 2.14 bits per heavy atom. The number of urea groups is 1. The van der Waals surface area contributed by atoms with E-state index in [1.54, 1.807) is 18.3 Å². The van der Waals surface area contributed by atoms with E-state index in [2.05, 4.69) is 25.8 Å². The van der Waals surface area contributed by atoms with Gasteiger partial charge in [-0.25, -0.2) is 4.79 Å². The Balaban J connectivity index is 1.85. The van der Waals surface area contributed by atoms with Crippen molar-refractivity contribution in [3.63, 3.8) is 0 Å². The average Bonchev–Trinajstić information content (AvgIpc) is 2.84. The van der Waals surface area contributed by atoms with E-state index in [4.69, 9.17) is 5.11 Å². The first-order chi connectivity index (χ1) is 10.0. The first-order valence-electron chi connectivity index (χ1n) is 6.25. The smallest absolute Gasteiger partial charge is 0.319 e. The molecule has 0 saturated heterocycles. The number of anilines is 1. The standard InChI is InChI=1S/C13H15N5O3/c1-8-9(6-16-18-8)5-15-13(21)17-11-3-2-10(14-7-11)4-12(19)20/h2-3,6-7H,4-5H2,1H3,(H,16,18)(H,19,20)(H2,15,17,21). The van der Waals surface area contributed by atoms with Gasteiger partial charge in [0, 0.05) is 17.8 Å². The number of pyridine rings is 1. The summed E-state index contributed by atoms with van der Waals surface area (Å²) < 4.78 is 0. The molecule has 8 nitrogen and oxygen atoms in total. The van der Waals surface area contributed by atoms with Crippen molar-refractivity contribution in [2.75, 3.05) is 5.32 Å². The van der Waals surface area contributed by atoms with Crippen LogP contribution in [0.2, 0.25) is 0 Å². The summed E-state index contributed by atoms with van der Waals surface area (Å²) in [6, 6.07) is 2.79. The van der Waals surface area contributed by atoms with Gasteiger partial charge >= 0.3 is 12.0 Å². The molecule has 8 heteroatoms. The molecule has 4 N–H and O–H groups in total. The molecule has 0 fully saturated rings. The summed E-state index contributed by atoms with van der Waals surface area (Å²) in [5, 5.41) is 20.6. The second-order valence-electron chi connectivity index (χ2n) is 4.44. The maximum absolute atomic E-state index is 11.7. The second kappa shape index (κ2) is 6.51. The molecule has 0 aliphatic heterocycles. The summed E-state index contributed by atoms with van der Waals surface area (Å²) in [6.45, 7) is 2.23. The maximum atomic E-state index is 11.7. The number of aromatic amines is 1. The summed E-state index contributed by atoms with van der Waals surface area (Å²) in [5.74, 6) is -0.948. The number of hydrogen-bond donors (Lipinski definition) is 4. The van der Waals surface area contributed by atoms with Gasteiger partial charge in [-0.3, -0.25) is 14.9 Å². The lowest BCUT2D eigenvalue weighted by Gasteiger charge is -2.07. The van der Waals surface area contributed by atoms with E-state index in [1.165, 1.54) is 6.20 Å². The van der Waals surface area contributed by atoms with Crippen molar-refractivity contribution in [2.24, 2.45) is 0 Å². The van der Waals surface area contributed by atoms with Crippen LogP contribution in [0.1, 0.15) is 17.0 Å². The quantitative estimate of drug-likeness (QED) is 0.656. The van der Waals surface area contributed by atoms with Gasteiger partial charge in [0.1, 0.15) is 0 Å². The fraction of sp³-hybridized carbons (Fsp3) is 0.231. The van der Waals surface area contributed by atoms with E-state index in [0.717, 1.165) is 11.3 Å². The van der Waals surface area contributed by atoms with Crippen molar-refractivity contribution >= 4 is 17.7 Å². The highest BCUT2D eigenvalue weighted by Gasteiger charge is 2.06. The van der Waals surface area contributed by atoms with Gasteiger partial charge in [-0.2, -0.15) is 5.10 Å². The highest BCUT2D eigenvalue weighted by atomic mass is 16.4. The molecule has 0 unspecified atom stereocenters. The third-order valence-corrected chi connectivity index (χ3v) is 2.79. The van der Waals surface area contributed by atoms with Gasteiger partial charge in [0.05, 0.1) is 30.2 Å². The molecule has 2 heterocycles. The van der Waals surface area contributed by atoms with E-state index in [-0.39, 0.29) is 12.5 Å². The Kier molecular flexibility index (Phi) is 4.50. The zero-order chi connectivity index (χ0) is 15.2. The third-order valence-electron chi connectivity index (χ3n) is 2.79. The number of aryl methyl sites for hydroxylation is 1. The molecule has 0 radical (unpaired) electrons. The summed E-state index contributed by atoms with van der Waals surface area (Å²) >= 11 is 0. The number of rotatable bonds is 5. The predicted octanol–water partition coefficient (Wildman–Crippen LogP) is 1.06. The minimum Gasteiger partial charge on any atom is -0.481 e. The molecule has 2 amide bonds. The van der Waals surface area contributed by atoms with Gasteiger partial charge in [0.25, 0.3) is 0 Å². The first kappa shape index (κ1) is 14.5. The van der Waals surface area contributed by atoms with Gasteiger partial charge in [-0.15, -0.1) is 0 Å². The first-order valence-corrected chi connectivity index (χ1v) is 6.25. The van der Waals surface area contributed by atoms with Crippen LogP contribution in [-0.2, 0) is 17.8 Å². The molecule has 0 saturated carbocycles. The molecule has 2 aromatic heterocycles. The number of aromatic nitrogens is 3. The molecule has 21 heavy (non-hydrogen) atoms. The van der Waals surface area contributed by atoms with Gasteiger partial charge in [0.2, 0.25) is 0 Å². The Labute approximate surface area is 120 Å². The zero-order valence-corrected chi connectivity index (χ0v) is 11.4. The lowest BCUT2D eigenvalue weighted by atomic mass is 10.2. The number of nitrogens with one attached hydrogen (secondary N) is 3. The van der Waals surface area contributed by atoms with Crippen LogP contribution in [-0.4, -0.2) is 32.3 Å².